The Morgan fingerprint density at radius 2 is 1.67 bits per heavy atom. The van der Waals surface area contributed by atoms with Gasteiger partial charge in [0.05, 0.1) is 16.6 Å². The molecule has 0 amide bonds. The number of para-hydroxylation sites is 1. The van der Waals surface area contributed by atoms with Crippen LogP contribution in [0.3, 0.4) is 0 Å². The average molecular weight is 500 g/mol. The molecule has 0 aliphatic carbocycles. The van der Waals surface area contributed by atoms with Crippen molar-refractivity contribution in [1.82, 2.24) is 20.2 Å². The largest absolute Gasteiger partial charge is 0.375 e. The Morgan fingerprint density at radius 3 is 2.47 bits per heavy atom. The Balaban J connectivity index is 1.27. The van der Waals surface area contributed by atoms with Crippen LogP contribution in [0.4, 0.5) is 10.2 Å². The number of aromatic nitrogens is 4. The van der Waals surface area contributed by atoms with E-state index in [0.29, 0.717) is 48.2 Å². The smallest absolute Gasteiger partial charge is 0.272 e. The van der Waals surface area contributed by atoms with E-state index in [0.717, 1.165) is 27.7 Å². The van der Waals surface area contributed by atoms with Crippen LogP contribution < -0.4 is 15.8 Å². The average Bonchev–Trinajstić information content (AvgIpc) is 2.91. The molecule has 1 saturated heterocycles. The second-order valence-corrected chi connectivity index (χ2v) is 12.3. The van der Waals surface area contributed by atoms with Crippen molar-refractivity contribution < 1.29 is 9.28 Å². The van der Waals surface area contributed by atoms with Crippen molar-refractivity contribution in [2.75, 3.05) is 30.3 Å². The van der Waals surface area contributed by atoms with Gasteiger partial charge in [0.15, 0.2) is 0 Å². The summed E-state index contributed by atoms with van der Waals surface area (Å²) in [7, 11) is -2.70. The molecular formula is C27H24FN5O2P. The Hall–Kier alpha value is -3.74. The number of fused-ring (bicyclic) bond motifs is 2. The molecule has 181 valence electrons. The first kappa shape index (κ1) is 22.7. The number of nitrogens with zero attached hydrogens (tertiary/aromatic N) is 4. The highest BCUT2D eigenvalue weighted by Crippen LogP contribution is 2.55. The molecule has 2 aromatic heterocycles. The molecule has 0 spiro atoms. The van der Waals surface area contributed by atoms with Crippen molar-refractivity contribution in [3.63, 3.8) is 0 Å². The van der Waals surface area contributed by atoms with Crippen molar-refractivity contribution >= 4 is 40.3 Å². The summed E-state index contributed by atoms with van der Waals surface area (Å²) in [5.41, 5.74) is 2.19. The van der Waals surface area contributed by atoms with Crippen molar-refractivity contribution in [2.24, 2.45) is 0 Å². The molecule has 2 N–H and O–H groups in total. The lowest BCUT2D eigenvalue weighted by Crippen LogP contribution is -2.40. The monoisotopic (exact) mass is 500 g/mol. The summed E-state index contributed by atoms with van der Waals surface area (Å²) in [5.74, 6) is 0.465. The summed E-state index contributed by atoms with van der Waals surface area (Å²) >= 11 is 0. The van der Waals surface area contributed by atoms with E-state index in [4.69, 9.17) is 0 Å². The van der Waals surface area contributed by atoms with E-state index in [-0.39, 0.29) is 11.4 Å². The molecule has 6 rings (SSSR count). The summed E-state index contributed by atoms with van der Waals surface area (Å²) in [5, 5.41) is 9.52. The number of halogens is 1. The van der Waals surface area contributed by atoms with Gasteiger partial charge in [-0.2, -0.15) is 5.10 Å². The van der Waals surface area contributed by atoms with E-state index >= 15 is 4.39 Å². The maximum absolute atomic E-state index is 15.0. The lowest BCUT2D eigenvalue weighted by molar-refractivity contribution is 0.586. The van der Waals surface area contributed by atoms with E-state index in [9.17, 15) is 9.69 Å². The van der Waals surface area contributed by atoms with Gasteiger partial charge >= 0.3 is 0 Å². The second kappa shape index (κ2) is 9.04. The summed E-state index contributed by atoms with van der Waals surface area (Å²) < 4.78 is 15.0. The van der Waals surface area contributed by atoms with Gasteiger partial charge < -0.3 is 9.79 Å². The molecule has 36 heavy (non-hydrogen) atoms. The molecule has 9 heteroatoms. The number of H-pyrrole nitrogens is 1. The first-order valence-corrected chi connectivity index (χ1v) is 13.9. The minimum absolute atomic E-state index is 0.238. The Morgan fingerprint density at radius 1 is 0.944 bits per heavy atom. The van der Waals surface area contributed by atoms with Crippen molar-refractivity contribution in [3.8, 4) is 0 Å². The van der Waals surface area contributed by atoms with Gasteiger partial charge in [0.1, 0.15) is 18.0 Å². The fourth-order valence-corrected chi connectivity index (χ4v) is 7.71. The molecule has 7 nitrogen and oxygen atoms in total. The zero-order valence-electron chi connectivity index (χ0n) is 19.4. The highest BCUT2D eigenvalue weighted by atomic mass is 31.2. The van der Waals surface area contributed by atoms with Crippen LogP contribution in [0.1, 0.15) is 11.3 Å². The Bertz CT molecular complexity index is 1640. The fourth-order valence-electron chi connectivity index (χ4n) is 4.98. The normalized spacial score (nSPS) is 15.4. The van der Waals surface area contributed by atoms with Crippen LogP contribution in [-0.4, -0.2) is 50.5 Å². The third-order valence-electron chi connectivity index (χ3n) is 6.91. The molecule has 1 aliphatic heterocycles. The van der Waals surface area contributed by atoms with Crippen LogP contribution in [-0.2, 0) is 6.42 Å². The number of rotatable bonds is 4. The molecule has 0 bridgehead atoms. The quantitative estimate of drug-likeness (QED) is 0.366. The van der Waals surface area contributed by atoms with Crippen molar-refractivity contribution in [3.05, 3.63) is 100 Å². The van der Waals surface area contributed by atoms with E-state index in [1.54, 1.807) is 24.5 Å². The molecule has 5 aromatic rings. The maximum Gasteiger partial charge on any atom is 0.272 e. The predicted octanol–water partition coefficient (Wildman–Crippen LogP) is 3.67. The molecule has 1 fully saturated rings. The van der Waals surface area contributed by atoms with E-state index in [2.05, 4.69) is 25.1 Å². The highest BCUT2D eigenvalue weighted by Gasteiger charge is 2.35. The predicted molar refractivity (Wildman–Crippen MR) is 142 cm³/mol. The topological polar surface area (TPSA) is 95.0 Å². The van der Waals surface area contributed by atoms with Gasteiger partial charge in [0, 0.05) is 55.4 Å². The number of nitrogens with one attached hydrogen (secondary N) is 1. The van der Waals surface area contributed by atoms with Crippen molar-refractivity contribution in [2.45, 2.75) is 6.42 Å². The molecular weight excluding hydrogens is 476 g/mol. The number of benzene rings is 3. The van der Waals surface area contributed by atoms with Gasteiger partial charge in [-0.05, 0) is 35.9 Å². The van der Waals surface area contributed by atoms with Gasteiger partial charge in [0.2, 0.25) is 0 Å². The zero-order valence-corrected chi connectivity index (χ0v) is 20.3. The summed E-state index contributed by atoms with van der Waals surface area (Å²) in [6, 6.07) is 20.1. The van der Waals surface area contributed by atoms with Crippen LogP contribution in [0, 0.1) is 5.82 Å². The fraction of sp³-hybridized carbons (Fsp3) is 0.185. The van der Waals surface area contributed by atoms with Gasteiger partial charge in [-0.15, -0.1) is 0 Å². The van der Waals surface area contributed by atoms with E-state index in [1.807, 2.05) is 42.5 Å². The van der Waals surface area contributed by atoms with Crippen LogP contribution >= 0.6 is 7.49 Å². The van der Waals surface area contributed by atoms with Crippen LogP contribution in [0.2, 0.25) is 0 Å². The van der Waals surface area contributed by atoms with E-state index in [1.165, 1.54) is 6.07 Å². The lowest BCUT2D eigenvalue weighted by Gasteiger charge is -2.40. The zero-order chi connectivity index (χ0) is 24.7. The SMILES string of the molecule is O=c1[nH]nc(Cc2ccc(F)c([P]3(O)CCN(c4ncnc5ccccc45)CC3)c2)c2ccccc12. The molecule has 0 atom stereocenters. The van der Waals surface area contributed by atoms with Gasteiger partial charge in [-0.25, -0.2) is 19.5 Å². The maximum atomic E-state index is 15.0. The van der Waals surface area contributed by atoms with Crippen molar-refractivity contribution in [1.29, 1.82) is 0 Å². The summed E-state index contributed by atoms with van der Waals surface area (Å²) in [4.78, 5) is 34.8. The molecule has 0 saturated carbocycles. The number of hydrogen-bond acceptors (Lipinski definition) is 6. The third kappa shape index (κ3) is 4.02. The number of hydrogen-bond donors (Lipinski definition) is 2. The molecule has 0 unspecified atom stereocenters. The molecule has 3 heterocycles. The Labute approximate surface area is 207 Å². The number of anilines is 1. The first-order chi connectivity index (χ1) is 17.5. The van der Waals surface area contributed by atoms with Crippen LogP contribution in [0.15, 0.2) is 77.9 Å². The lowest BCUT2D eigenvalue weighted by atomic mass is 10.0. The number of aromatic amines is 1. The molecule has 1 radical (unpaired) electrons. The minimum Gasteiger partial charge on any atom is -0.375 e. The van der Waals surface area contributed by atoms with Gasteiger partial charge in [0.25, 0.3) is 5.56 Å². The van der Waals surface area contributed by atoms with Gasteiger partial charge in [-0.1, -0.05) is 36.4 Å². The first-order valence-electron chi connectivity index (χ1n) is 11.8. The second-order valence-electron chi connectivity index (χ2n) is 9.08. The Kier molecular flexibility index (Phi) is 5.70. The standard InChI is InChI=1S/C27H24FN5O2P/c28-22-10-9-18(15-24-19-5-1-2-6-20(19)27(34)32-31-24)16-25(22)36(35)13-11-33(12-14-36)26-21-7-3-4-8-23(21)29-17-30-26/h1-10,16-17,35H,11-15H2,(H,32,34). The summed E-state index contributed by atoms with van der Waals surface area (Å²) in [6.07, 6.45) is 2.94. The molecule has 1 aliphatic rings. The van der Waals surface area contributed by atoms with Gasteiger partial charge in [-0.3, -0.25) is 4.79 Å². The third-order valence-corrected chi connectivity index (χ3v) is 10.0. The molecule has 3 aromatic carbocycles. The minimum atomic E-state index is -2.70. The van der Waals surface area contributed by atoms with E-state index < -0.39 is 7.49 Å². The van der Waals surface area contributed by atoms with Crippen LogP contribution in [0.25, 0.3) is 21.7 Å². The highest BCUT2D eigenvalue weighted by molar-refractivity contribution is 7.77. The summed E-state index contributed by atoms with van der Waals surface area (Å²) in [6.45, 7) is 1.17. The van der Waals surface area contributed by atoms with Crippen LogP contribution in [0.5, 0.6) is 0 Å².